The van der Waals surface area contributed by atoms with Gasteiger partial charge >= 0.3 is 13.8 Å². The van der Waals surface area contributed by atoms with E-state index in [-0.39, 0.29) is 25.7 Å². The maximum atomic E-state index is 11.3. The molecule has 0 spiro atoms. The van der Waals surface area contributed by atoms with E-state index >= 15 is 0 Å². The second-order valence-electron chi connectivity index (χ2n) is 3.54. The number of hydrogen-bond donors (Lipinski definition) is 1. The van der Waals surface area contributed by atoms with Crippen LogP contribution in [0.15, 0.2) is 12.7 Å². The highest BCUT2D eigenvalue weighted by molar-refractivity contribution is 7.47. The molecular formula is C10H19O6P. The Morgan fingerprint density at radius 1 is 1.47 bits per heavy atom. The first-order chi connectivity index (χ1) is 7.91. The van der Waals surface area contributed by atoms with Crippen LogP contribution in [0.4, 0.5) is 0 Å². The van der Waals surface area contributed by atoms with E-state index in [4.69, 9.17) is 9.26 Å². The molecule has 1 N–H and O–H groups in total. The summed E-state index contributed by atoms with van der Waals surface area (Å²) in [6.07, 6.45) is 1.68. The van der Waals surface area contributed by atoms with E-state index in [2.05, 4.69) is 11.1 Å². The minimum absolute atomic E-state index is 0.0259. The van der Waals surface area contributed by atoms with Crippen LogP contribution in [0.5, 0.6) is 0 Å². The van der Waals surface area contributed by atoms with Crippen molar-refractivity contribution in [2.75, 3.05) is 19.8 Å². The van der Waals surface area contributed by atoms with Crippen molar-refractivity contribution in [2.45, 2.75) is 20.3 Å². The summed E-state index contributed by atoms with van der Waals surface area (Å²) in [7, 11) is -3.98. The minimum Gasteiger partial charge on any atom is -0.462 e. The highest BCUT2D eigenvalue weighted by Crippen LogP contribution is 2.43. The van der Waals surface area contributed by atoms with Gasteiger partial charge in [0.05, 0.1) is 19.8 Å². The summed E-state index contributed by atoms with van der Waals surface area (Å²) < 4.78 is 25.4. The van der Waals surface area contributed by atoms with E-state index in [1.54, 1.807) is 6.92 Å². The highest BCUT2D eigenvalue weighted by atomic mass is 31.2. The fourth-order valence-corrected chi connectivity index (χ4v) is 1.73. The number of carbonyl (C=O) groups excluding carboxylic acids is 1. The molecule has 0 radical (unpaired) electrons. The van der Waals surface area contributed by atoms with Crippen molar-refractivity contribution in [1.29, 1.82) is 0 Å². The Morgan fingerprint density at radius 2 is 2.12 bits per heavy atom. The summed E-state index contributed by atoms with van der Waals surface area (Å²) in [6, 6.07) is 0. The lowest BCUT2D eigenvalue weighted by Crippen LogP contribution is -2.15. The molecule has 100 valence electrons. The van der Waals surface area contributed by atoms with E-state index < -0.39 is 13.8 Å². The molecule has 0 saturated carbocycles. The molecule has 17 heavy (non-hydrogen) atoms. The maximum absolute atomic E-state index is 11.3. The van der Waals surface area contributed by atoms with Gasteiger partial charge in [0.1, 0.15) is 0 Å². The Labute approximate surface area is 101 Å². The zero-order valence-corrected chi connectivity index (χ0v) is 11.0. The lowest BCUT2D eigenvalue weighted by atomic mass is 10.2. The molecule has 0 fully saturated rings. The van der Waals surface area contributed by atoms with Crippen LogP contribution >= 0.6 is 7.82 Å². The van der Waals surface area contributed by atoms with Gasteiger partial charge in [-0.1, -0.05) is 20.4 Å². The van der Waals surface area contributed by atoms with Crippen molar-refractivity contribution in [3.05, 3.63) is 12.7 Å². The lowest BCUT2D eigenvalue weighted by molar-refractivity contribution is -0.139. The highest BCUT2D eigenvalue weighted by Gasteiger charge is 2.21. The molecule has 0 aliphatic rings. The van der Waals surface area contributed by atoms with Gasteiger partial charge in [-0.2, -0.15) is 0 Å². The molecule has 2 unspecified atom stereocenters. The molecule has 0 aromatic heterocycles. The van der Waals surface area contributed by atoms with Gasteiger partial charge in [0, 0.05) is 12.0 Å². The molecule has 6 nitrogen and oxygen atoms in total. The number of phosphoric ester groups is 1. The zero-order chi connectivity index (χ0) is 13.3. The minimum atomic E-state index is -3.98. The number of carbonyl (C=O) groups is 1. The quantitative estimate of drug-likeness (QED) is 0.390. The van der Waals surface area contributed by atoms with E-state index in [0.29, 0.717) is 6.42 Å². The first-order valence-electron chi connectivity index (χ1n) is 5.32. The zero-order valence-electron chi connectivity index (χ0n) is 10.1. The van der Waals surface area contributed by atoms with Gasteiger partial charge in [0.2, 0.25) is 0 Å². The van der Waals surface area contributed by atoms with Crippen LogP contribution in [0.25, 0.3) is 0 Å². The molecule has 2 atom stereocenters. The van der Waals surface area contributed by atoms with Gasteiger partial charge in [0.25, 0.3) is 0 Å². The van der Waals surface area contributed by atoms with Gasteiger partial charge < -0.3 is 9.63 Å². The van der Waals surface area contributed by atoms with Gasteiger partial charge in [0.15, 0.2) is 0 Å². The topological polar surface area (TPSA) is 82.1 Å². The van der Waals surface area contributed by atoms with Crippen LogP contribution in [-0.2, 0) is 23.1 Å². The Morgan fingerprint density at radius 3 is 2.65 bits per heavy atom. The Balaban J connectivity index is 3.82. The summed E-state index contributed by atoms with van der Waals surface area (Å²) in [6.45, 7) is 7.01. The maximum Gasteiger partial charge on any atom is 0.472 e. The Hall–Kier alpha value is -0.680. The Kier molecular flexibility index (Phi) is 8.08. The molecule has 0 aliphatic carbocycles. The first-order valence-corrected chi connectivity index (χ1v) is 6.82. The molecule has 0 heterocycles. The third-order valence-electron chi connectivity index (χ3n) is 1.66. The molecule has 0 amide bonds. The van der Waals surface area contributed by atoms with E-state index in [9.17, 15) is 14.3 Å². The monoisotopic (exact) mass is 266 g/mol. The van der Waals surface area contributed by atoms with Gasteiger partial charge in [-0.15, -0.1) is 0 Å². The van der Waals surface area contributed by atoms with Crippen molar-refractivity contribution in [3.8, 4) is 0 Å². The second-order valence-corrected chi connectivity index (χ2v) is 4.99. The van der Waals surface area contributed by atoms with Crippen LogP contribution in [0.3, 0.4) is 0 Å². The summed E-state index contributed by atoms with van der Waals surface area (Å²) in [5.74, 6) is -0.740. The summed E-state index contributed by atoms with van der Waals surface area (Å²) in [5, 5.41) is 0. The number of hydrogen-bond acceptors (Lipinski definition) is 5. The van der Waals surface area contributed by atoms with Gasteiger partial charge in [-0.05, 0) is 6.42 Å². The third-order valence-corrected chi connectivity index (χ3v) is 2.64. The van der Waals surface area contributed by atoms with Crippen molar-refractivity contribution >= 4 is 13.8 Å². The van der Waals surface area contributed by atoms with Gasteiger partial charge in [-0.3, -0.25) is 9.05 Å². The molecule has 0 aromatic carbocycles. The number of ether oxygens (including phenoxy) is 1. The molecule has 0 bridgehead atoms. The first kappa shape index (κ1) is 16.3. The number of phosphoric acid groups is 1. The van der Waals surface area contributed by atoms with Crippen molar-refractivity contribution in [2.24, 2.45) is 5.92 Å². The average molecular weight is 266 g/mol. The molecule has 0 aromatic rings. The predicted octanol–water partition coefficient (Wildman–Crippen LogP) is 1.90. The van der Waals surface area contributed by atoms with Crippen molar-refractivity contribution in [3.63, 3.8) is 0 Å². The second kappa shape index (κ2) is 8.42. The molecule has 0 saturated heterocycles. The molecule has 0 aliphatic heterocycles. The van der Waals surface area contributed by atoms with E-state index in [0.717, 1.165) is 6.08 Å². The number of rotatable bonds is 9. The standard InChI is InChI=1S/C10H19O6P/c1-4-6-15-17(12,13)16-8-9(3)7-14-10(11)5-2/h5,9H,2,4,6-8H2,1,3H3,(H,12,13). The third kappa shape index (κ3) is 9.06. The molecule has 7 heteroatoms. The van der Waals surface area contributed by atoms with Gasteiger partial charge in [-0.25, -0.2) is 9.36 Å². The predicted molar refractivity (Wildman–Crippen MR) is 62.3 cm³/mol. The van der Waals surface area contributed by atoms with Crippen molar-refractivity contribution in [1.82, 2.24) is 0 Å². The molecular weight excluding hydrogens is 247 g/mol. The largest absolute Gasteiger partial charge is 0.472 e. The SMILES string of the molecule is C=CC(=O)OCC(C)COP(=O)(O)OCCC. The normalized spacial score (nSPS) is 15.9. The fourth-order valence-electron chi connectivity index (χ4n) is 0.797. The van der Waals surface area contributed by atoms with Crippen LogP contribution in [0.1, 0.15) is 20.3 Å². The summed E-state index contributed by atoms with van der Waals surface area (Å²) in [5.41, 5.74) is 0. The van der Waals surface area contributed by atoms with Crippen LogP contribution < -0.4 is 0 Å². The smallest absolute Gasteiger partial charge is 0.462 e. The fraction of sp³-hybridized carbons (Fsp3) is 0.700. The van der Waals surface area contributed by atoms with Crippen LogP contribution in [0, 0.1) is 5.92 Å². The summed E-state index contributed by atoms with van der Waals surface area (Å²) >= 11 is 0. The van der Waals surface area contributed by atoms with Crippen LogP contribution in [-0.4, -0.2) is 30.7 Å². The summed E-state index contributed by atoms with van der Waals surface area (Å²) in [4.78, 5) is 20.0. The van der Waals surface area contributed by atoms with E-state index in [1.165, 1.54) is 0 Å². The van der Waals surface area contributed by atoms with Crippen LogP contribution in [0.2, 0.25) is 0 Å². The molecule has 0 rings (SSSR count). The lowest BCUT2D eigenvalue weighted by Gasteiger charge is -2.15. The number of esters is 1. The Bertz CT molecular complexity index is 291. The van der Waals surface area contributed by atoms with E-state index in [1.807, 2.05) is 6.92 Å². The van der Waals surface area contributed by atoms with Crippen molar-refractivity contribution < 1.29 is 28.0 Å². The average Bonchev–Trinajstić information content (AvgIpc) is 2.31.